The van der Waals surface area contributed by atoms with Crippen LogP contribution in [-0.2, 0) is 6.42 Å². The molecule has 0 aliphatic carbocycles. The topological polar surface area (TPSA) is 58.6 Å². The van der Waals surface area contributed by atoms with Gasteiger partial charge in [0.1, 0.15) is 11.6 Å². The molecule has 1 aromatic carbocycles. The van der Waals surface area contributed by atoms with Gasteiger partial charge in [0.25, 0.3) is 0 Å². The maximum Gasteiger partial charge on any atom is 0.131 e. The highest BCUT2D eigenvalue weighted by molar-refractivity contribution is 6.01. The lowest BCUT2D eigenvalue weighted by Gasteiger charge is -2.15. The van der Waals surface area contributed by atoms with Crippen LogP contribution in [0.2, 0.25) is 0 Å². The van der Waals surface area contributed by atoms with E-state index in [-0.39, 0.29) is 5.75 Å². The molecular formula is C10H10N2O. The van der Waals surface area contributed by atoms with Gasteiger partial charge in [0.05, 0.1) is 0 Å². The summed E-state index contributed by atoms with van der Waals surface area (Å²) in [5.41, 5.74) is 8.00. The first-order chi connectivity index (χ1) is 6.18. The van der Waals surface area contributed by atoms with Gasteiger partial charge in [-0.2, -0.15) is 0 Å². The van der Waals surface area contributed by atoms with Gasteiger partial charge in [-0.25, -0.2) is 4.99 Å². The van der Waals surface area contributed by atoms with E-state index in [1.807, 2.05) is 6.07 Å². The van der Waals surface area contributed by atoms with Gasteiger partial charge in [-0.05, 0) is 6.07 Å². The standard InChI is InChI=1S/C10H10N2O/c1-6-5-8-7(10(11)12-6)3-2-4-9(8)13/h2-4,13H,1,5H2,(H2,11,12). The van der Waals surface area contributed by atoms with Gasteiger partial charge in [0, 0.05) is 23.2 Å². The fourth-order valence-corrected chi connectivity index (χ4v) is 1.47. The number of hydrogen-bond donors (Lipinski definition) is 2. The molecule has 66 valence electrons. The molecule has 0 saturated carbocycles. The molecule has 0 fully saturated rings. The zero-order valence-corrected chi connectivity index (χ0v) is 7.12. The van der Waals surface area contributed by atoms with Gasteiger partial charge in [-0.1, -0.05) is 18.7 Å². The summed E-state index contributed by atoms with van der Waals surface area (Å²) in [5.74, 6) is 0.693. The number of allylic oxidation sites excluding steroid dienone is 1. The minimum absolute atomic E-state index is 0.261. The zero-order valence-electron chi connectivity index (χ0n) is 7.12. The molecule has 3 N–H and O–H groups in total. The second kappa shape index (κ2) is 2.62. The number of phenols is 1. The van der Waals surface area contributed by atoms with Crippen LogP contribution in [0.25, 0.3) is 0 Å². The zero-order chi connectivity index (χ0) is 9.42. The van der Waals surface area contributed by atoms with E-state index in [1.165, 1.54) is 0 Å². The Morgan fingerprint density at radius 2 is 2.23 bits per heavy atom. The number of nitrogens with zero attached hydrogens (tertiary/aromatic N) is 1. The molecule has 0 aromatic heterocycles. The van der Waals surface area contributed by atoms with Crippen LogP contribution in [0.3, 0.4) is 0 Å². The monoisotopic (exact) mass is 174 g/mol. The first-order valence-electron chi connectivity index (χ1n) is 4.01. The van der Waals surface area contributed by atoms with Crippen LogP contribution in [0, 0.1) is 0 Å². The van der Waals surface area contributed by atoms with Crippen LogP contribution in [0.5, 0.6) is 5.75 Å². The van der Waals surface area contributed by atoms with Crippen LogP contribution < -0.4 is 5.73 Å². The van der Waals surface area contributed by atoms with E-state index >= 15 is 0 Å². The third kappa shape index (κ3) is 1.18. The molecule has 0 saturated heterocycles. The average Bonchev–Trinajstić information content (AvgIpc) is 2.07. The lowest BCUT2D eigenvalue weighted by molar-refractivity contribution is 0.469. The minimum Gasteiger partial charge on any atom is -0.508 e. The molecule has 2 rings (SSSR count). The Bertz CT molecular complexity index is 407. The van der Waals surface area contributed by atoms with E-state index in [0.29, 0.717) is 18.0 Å². The van der Waals surface area contributed by atoms with Gasteiger partial charge in [0.2, 0.25) is 0 Å². The highest BCUT2D eigenvalue weighted by Gasteiger charge is 2.16. The van der Waals surface area contributed by atoms with Crippen molar-refractivity contribution < 1.29 is 5.11 Å². The van der Waals surface area contributed by atoms with Crippen molar-refractivity contribution in [2.75, 3.05) is 0 Å². The van der Waals surface area contributed by atoms with E-state index < -0.39 is 0 Å². The smallest absolute Gasteiger partial charge is 0.131 e. The number of amidine groups is 1. The number of nitrogens with two attached hydrogens (primary N) is 1. The van der Waals surface area contributed by atoms with Gasteiger partial charge < -0.3 is 10.8 Å². The van der Waals surface area contributed by atoms with Gasteiger partial charge >= 0.3 is 0 Å². The minimum atomic E-state index is 0.261. The molecule has 0 atom stereocenters. The van der Waals surface area contributed by atoms with E-state index in [1.54, 1.807) is 12.1 Å². The highest BCUT2D eigenvalue weighted by Crippen LogP contribution is 2.27. The summed E-state index contributed by atoms with van der Waals surface area (Å²) in [6.45, 7) is 3.73. The largest absolute Gasteiger partial charge is 0.508 e. The van der Waals surface area contributed by atoms with Crippen molar-refractivity contribution in [3.8, 4) is 5.75 Å². The molecule has 0 spiro atoms. The van der Waals surface area contributed by atoms with Crippen molar-refractivity contribution in [3.05, 3.63) is 41.6 Å². The van der Waals surface area contributed by atoms with E-state index in [0.717, 1.165) is 11.1 Å². The number of phenolic OH excluding ortho intramolecular Hbond substituents is 1. The number of fused-ring (bicyclic) bond motifs is 1. The number of aliphatic imine (C=N–C) groups is 1. The summed E-state index contributed by atoms with van der Waals surface area (Å²) in [6.07, 6.45) is 0.572. The quantitative estimate of drug-likeness (QED) is 0.620. The predicted octanol–water partition coefficient (Wildman–Crippen LogP) is 1.17. The number of rotatable bonds is 0. The molecule has 3 nitrogen and oxygen atoms in total. The molecule has 0 amide bonds. The van der Waals surface area contributed by atoms with E-state index in [9.17, 15) is 5.11 Å². The summed E-state index contributed by atoms with van der Waals surface area (Å²) in [4.78, 5) is 4.05. The fraction of sp³-hybridized carbons (Fsp3) is 0.100. The van der Waals surface area contributed by atoms with E-state index in [4.69, 9.17) is 5.73 Å². The summed E-state index contributed by atoms with van der Waals surface area (Å²) in [6, 6.07) is 5.25. The fourth-order valence-electron chi connectivity index (χ4n) is 1.47. The first kappa shape index (κ1) is 7.86. The summed E-state index contributed by atoms with van der Waals surface area (Å²) < 4.78 is 0. The Morgan fingerprint density at radius 3 is 3.00 bits per heavy atom. The third-order valence-corrected chi connectivity index (χ3v) is 2.09. The van der Waals surface area contributed by atoms with Crippen molar-refractivity contribution in [3.63, 3.8) is 0 Å². The molecule has 13 heavy (non-hydrogen) atoms. The second-order valence-electron chi connectivity index (χ2n) is 3.04. The van der Waals surface area contributed by atoms with Gasteiger partial charge in [-0.15, -0.1) is 0 Å². The van der Waals surface area contributed by atoms with E-state index in [2.05, 4.69) is 11.6 Å². The maximum atomic E-state index is 9.54. The van der Waals surface area contributed by atoms with Crippen LogP contribution in [0.1, 0.15) is 11.1 Å². The van der Waals surface area contributed by atoms with Crippen LogP contribution in [0.4, 0.5) is 0 Å². The molecule has 3 heteroatoms. The van der Waals surface area contributed by atoms with Crippen molar-refractivity contribution in [1.82, 2.24) is 0 Å². The Morgan fingerprint density at radius 1 is 1.46 bits per heavy atom. The molecule has 1 aliphatic rings. The molecule has 0 radical (unpaired) electrons. The molecule has 1 heterocycles. The highest BCUT2D eigenvalue weighted by atomic mass is 16.3. The molecular weight excluding hydrogens is 164 g/mol. The third-order valence-electron chi connectivity index (χ3n) is 2.09. The Balaban J connectivity index is 2.66. The lowest BCUT2D eigenvalue weighted by atomic mass is 9.99. The van der Waals surface area contributed by atoms with Crippen molar-refractivity contribution in [1.29, 1.82) is 0 Å². The predicted molar refractivity (Wildman–Crippen MR) is 51.7 cm³/mol. The van der Waals surface area contributed by atoms with Crippen LogP contribution in [-0.4, -0.2) is 10.9 Å². The summed E-state index contributed by atoms with van der Waals surface area (Å²) >= 11 is 0. The maximum absolute atomic E-state index is 9.54. The summed E-state index contributed by atoms with van der Waals surface area (Å²) in [5, 5.41) is 9.54. The lowest BCUT2D eigenvalue weighted by Crippen LogP contribution is -2.19. The molecule has 1 aliphatic heterocycles. The number of aromatic hydroxyl groups is 1. The normalized spacial score (nSPS) is 15.1. The SMILES string of the molecule is C=C1Cc2c(O)cccc2C(N)=N1. The molecule has 1 aromatic rings. The van der Waals surface area contributed by atoms with Crippen LogP contribution >= 0.6 is 0 Å². The van der Waals surface area contributed by atoms with Crippen LogP contribution in [0.15, 0.2) is 35.5 Å². The Kier molecular flexibility index (Phi) is 1.59. The summed E-state index contributed by atoms with van der Waals surface area (Å²) in [7, 11) is 0. The van der Waals surface area contributed by atoms with Crippen molar-refractivity contribution >= 4 is 5.84 Å². The van der Waals surface area contributed by atoms with Crippen molar-refractivity contribution in [2.45, 2.75) is 6.42 Å². The average molecular weight is 174 g/mol. The number of benzene rings is 1. The molecule has 0 bridgehead atoms. The van der Waals surface area contributed by atoms with Gasteiger partial charge in [-0.3, -0.25) is 0 Å². The number of hydrogen-bond acceptors (Lipinski definition) is 3. The Labute approximate surface area is 76.2 Å². The van der Waals surface area contributed by atoms with Gasteiger partial charge in [0.15, 0.2) is 0 Å². The second-order valence-corrected chi connectivity index (χ2v) is 3.04. The first-order valence-corrected chi connectivity index (χ1v) is 4.01. The molecule has 0 unspecified atom stereocenters. The Hall–Kier alpha value is -1.77. The van der Waals surface area contributed by atoms with Crippen molar-refractivity contribution in [2.24, 2.45) is 10.7 Å².